The van der Waals surface area contributed by atoms with Crippen molar-refractivity contribution in [3.63, 3.8) is 0 Å². The number of rotatable bonds is 14. The Morgan fingerprint density at radius 3 is 2.67 bits per heavy atom. The first-order chi connectivity index (χ1) is 19.3. The third kappa shape index (κ3) is 7.23. The molecule has 2 atom stereocenters. The summed E-state index contributed by atoms with van der Waals surface area (Å²) in [5.74, 6) is 1.05. The molecule has 0 amide bonds. The number of carboxylic acids is 1. The van der Waals surface area contributed by atoms with Crippen LogP contribution in [0, 0.1) is 11.7 Å². The van der Waals surface area contributed by atoms with Gasteiger partial charge in [0, 0.05) is 48.6 Å². The van der Waals surface area contributed by atoms with Gasteiger partial charge in [0.05, 0.1) is 20.8 Å². The Kier molecular flexibility index (Phi) is 10.6. The fourth-order valence-corrected chi connectivity index (χ4v) is 5.85. The lowest BCUT2D eigenvalue weighted by atomic mass is 9.95. The summed E-state index contributed by atoms with van der Waals surface area (Å²) in [6.45, 7) is 7.31. The van der Waals surface area contributed by atoms with Gasteiger partial charge in [-0.25, -0.2) is 9.37 Å². The maximum absolute atomic E-state index is 14.5. The molecule has 2 unspecified atom stereocenters. The van der Waals surface area contributed by atoms with Crippen molar-refractivity contribution in [1.82, 2.24) is 9.88 Å². The number of aryl methyl sites for hydroxylation is 1. The number of pyridine rings is 1. The van der Waals surface area contributed by atoms with Crippen LogP contribution in [-0.2, 0) is 22.4 Å². The molecule has 2 aliphatic heterocycles. The number of aromatic nitrogens is 1. The zero-order valence-corrected chi connectivity index (χ0v) is 24.3. The number of methoxy groups -OCH3 is 2. The van der Waals surface area contributed by atoms with Crippen molar-refractivity contribution in [3.8, 4) is 11.5 Å². The van der Waals surface area contributed by atoms with E-state index in [2.05, 4.69) is 11.4 Å². The maximum atomic E-state index is 14.5. The molecule has 0 aliphatic carbocycles. The Labute approximate surface area is 237 Å². The second-order valence-corrected chi connectivity index (χ2v) is 11.2. The van der Waals surface area contributed by atoms with Gasteiger partial charge in [0.2, 0.25) is 0 Å². The van der Waals surface area contributed by atoms with Gasteiger partial charge in [-0.1, -0.05) is 20.3 Å². The molecule has 2 N–H and O–H groups in total. The molecule has 2 aromatic rings. The summed E-state index contributed by atoms with van der Waals surface area (Å²) >= 11 is 0. The Balaban J connectivity index is 1.22. The minimum Gasteiger partial charge on any atom is -0.496 e. The number of unbranched alkanes of at least 4 members (excludes halogenated alkanes) is 2. The largest absolute Gasteiger partial charge is 0.496 e. The van der Waals surface area contributed by atoms with E-state index in [0.29, 0.717) is 37.4 Å². The Hall–Kier alpha value is -2.91. The van der Waals surface area contributed by atoms with E-state index < -0.39 is 12.0 Å². The summed E-state index contributed by atoms with van der Waals surface area (Å²) in [5, 5.41) is 13.5. The highest BCUT2D eigenvalue weighted by molar-refractivity contribution is 5.77. The Morgan fingerprint density at radius 2 is 1.95 bits per heavy atom. The molecule has 1 fully saturated rings. The van der Waals surface area contributed by atoms with E-state index in [-0.39, 0.29) is 23.4 Å². The summed E-state index contributed by atoms with van der Waals surface area (Å²) < 4.78 is 31.5. The number of aliphatic carboxylic acids is 1. The average molecular weight is 558 g/mol. The normalized spacial score (nSPS) is 17.9. The molecule has 8 nitrogen and oxygen atoms in total. The number of fused-ring (bicyclic) bond motifs is 1. The fourth-order valence-electron chi connectivity index (χ4n) is 5.85. The standard InChI is InChI=1S/C31H44FN3O5/c1-20(2)24-16-25(28(39-4)17-26(24)32)29(31(36)37)35-13-11-21(18-35)19-40-14-7-5-6-9-22-15-27(38-3)23-10-8-12-33-30(23)34-22/h15-17,20-21,29H,5-14,18-19H2,1-4H3,(H,33,34)(H,36,37). The average Bonchev–Trinajstić information content (AvgIpc) is 3.40. The molecular formula is C31H44FN3O5. The van der Waals surface area contributed by atoms with Crippen LogP contribution in [0.2, 0.25) is 0 Å². The number of nitrogens with zero attached hydrogens (tertiary/aromatic N) is 2. The molecule has 40 heavy (non-hydrogen) atoms. The van der Waals surface area contributed by atoms with Crippen molar-refractivity contribution >= 4 is 11.8 Å². The van der Waals surface area contributed by atoms with Crippen molar-refractivity contribution in [3.05, 3.63) is 46.4 Å². The molecular weight excluding hydrogens is 513 g/mol. The first kappa shape index (κ1) is 30.1. The first-order valence-corrected chi connectivity index (χ1v) is 14.5. The molecule has 0 spiro atoms. The van der Waals surface area contributed by atoms with E-state index in [9.17, 15) is 14.3 Å². The van der Waals surface area contributed by atoms with Crippen molar-refractivity contribution < 1.29 is 28.5 Å². The highest BCUT2D eigenvalue weighted by atomic mass is 19.1. The van der Waals surface area contributed by atoms with Crippen LogP contribution in [0.25, 0.3) is 0 Å². The molecule has 220 valence electrons. The molecule has 0 bridgehead atoms. The number of likely N-dealkylation sites (tertiary alicyclic amines) is 1. The topological polar surface area (TPSA) is 93.2 Å². The van der Waals surface area contributed by atoms with Gasteiger partial charge in [-0.15, -0.1) is 0 Å². The lowest BCUT2D eigenvalue weighted by Crippen LogP contribution is -2.33. The molecule has 3 heterocycles. The SMILES string of the molecule is COc1cc(F)c(C(C)C)cc1C(C(=O)O)N1CCC(COCCCCCc2cc(OC)c3c(n2)NCCC3)C1. The van der Waals surface area contributed by atoms with Crippen LogP contribution in [0.5, 0.6) is 11.5 Å². The summed E-state index contributed by atoms with van der Waals surface area (Å²) in [4.78, 5) is 19.1. The quantitative estimate of drug-likeness (QED) is 0.290. The summed E-state index contributed by atoms with van der Waals surface area (Å²) in [7, 11) is 3.17. The third-order valence-electron chi connectivity index (χ3n) is 8.01. The molecule has 1 aromatic carbocycles. The van der Waals surface area contributed by atoms with E-state index in [1.807, 2.05) is 18.7 Å². The van der Waals surface area contributed by atoms with Crippen LogP contribution in [-0.4, -0.2) is 68.0 Å². The number of nitrogens with one attached hydrogen (secondary N) is 1. The molecule has 2 aliphatic rings. The molecule has 1 aromatic heterocycles. The first-order valence-electron chi connectivity index (χ1n) is 14.5. The van der Waals surface area contributed by atoms with Crippen LogP contribution in [0.15, 0.2) is 18.2 Å². The molecule has 4 rings (SSSR count). The van der Waals surface area contributed by atoms with E-state index in [0.717, 1.165) is 68.8 Å². The maximum Gasteiger partial charge on any atom is 0.325 e. The van der Waals surface area contributed by atoms with Crippen molar-refractivity contribution in [2.75, 3.05) is 52.4 Å². The minimum absolute atomic E-state index is 0.0621. The number of hydrogen-bond donors (Lipinski definition) is 2. The fraction of sp³-hybridized carbons (Fsp3) is 0.613. The van der Waals surface area contributed by atoms with Gasteiger partial charge in [0.15, 0.2) is 0 Å². The zero-order valence-electron chi connectivity index (χ0n) is 24.3. The third-order valence-corrected chi connectivity index (χ3v) is 8.01. The number of anilines is 1. The van der Waals surface area contributed by atoms with Crippen LogP contribution in [0.4, 0.5) is 10.2 Å². The Morgan fingerprint density at radius 1 is 1.15 bits per heavy atom. The van der Waals surface area contributed by atoms with Gasteiger partial charge < -0.3 is 24.6 Å². The second-order valence-electron chi connectivity index (χ2n) is 11.2. The smallest absolute Gasteiger partial charge is 0.325 e. The van der Waals surface area contributed by atoms with Crippen LogP contribution in [0.1, 0.15) is 80.3 Å². The minimum atomic E-state index is -0.956. The van der Waals surface area contributed by atoms with Crippen molar-refractivity contribution in [2.24, 2.45) is 5.92 Å². The lowest BCUT2D eigenvalue weighted by molar-refractivity contribution is -0.143. The highest BCUT2D eigenvalue weighted by Crippen LogP contribution is 2.37. The lowest BCUT2D eigenvalue weighted by Gasteiger charge is -2.27. The number of halogens is 1. The van der Waals surface area contributed by atoms with Gasteiger partial charge in [0.1, 0.15) is 29.2 Å². The van der Waals surface area contributed by atoms with Gasteiger partial charge >= 0.3 is 5.97 Å². The number of hydrogen-bond acceptors (Lipinski definition) is 7. The van der Waals surface area contributed by atoms with Crippen molar-refractivity contribution in [1.29, 1.82) is 0 Å². The zero-order chi connectivity index (χ0) is 28.6. The number of carboxylic acid groups (broad SMARTS) is 1. The molecule has 1 saturated heterocycles. The Bertz CT molecular complexity index is 1140. The van der Waals surface area contributed by atoms with Gasteiger partial charge in [-0.05, 0) is 68.5 Å². The summed E-state index contributed by atoms with van der Waals surface area (Å²) in [5.41, 5.74) is 3.24. The van der Waals surface area contributed by atoms with E-state index in [1.54, 1.807) is 13.2 Å². The number of ether oxygens (including phenoxy) is 3. The van der Waals surface area contributed by atoms with Gasteiger partial charge in [-0.2, -0.15) is 0 Å². The predicted molar refractivity (Wildman–Crippen MR) is 153 cm³/mol. The van der Waals surface area contributed by atoms with Crippen LogP contribution in [0.3, 0.4) is 0 Å². The van der Waals surface area contributed by atoms with E-state index in [1.165, 1.54) is 18.7 Å². The van der Waals surface area contributed by atoms with Crippen LogP contribution < -0.4 is 14.8 Å². The van der Waals surface area contributed by atoms with Crippen LogP contribution >= 0.6 is 0 Å². The molecule has 0 radical (unpaired) electrons. The number of benzene rings is 1. The van der Waals surface area contributed by atoms with Gasteiger partial charge in [-0.3, -0.25) is 9.69 Å². The highest BCUT2D eigenvalue weighted by Gasteiger charge is 2.36. The monoisotopic (exact) mass is 557 g/mol. The summed E-state index contributed by atoms with van der Waals surface area (Å²) in [6.07, 6.45) is 6.94. The second kappa shape index (κ2) is 14.1. The predicted octanol–water partition coefficient (Wildman–Crippen LogP) is 5.60. The van der Waals surface area contributed by atoms with Crippen molar-refractivity contribution in [2.45, 2.75) is 70.8 Å². The number of carbonyl (C=O) groups is 1. The van der Waals surface area contributed by atoms with Gasteiger partial charge in [0.25, 0.3) is 0 Å². The molecule has 0 saturated carbocycles. The summed E-state index contributed by atoms with van der Waals surface area (Å²) in [6, 6.07) is 4.16. The van der Waals surface area contributed by atoms with E-state index in [4.69, 9.17) is 19.2 Å². The molecule has 9 heteroatoms. The van der Waals surface area contributed by atoms with E-state index >= 15 is 0 Å².